The van der Waals surface area contributed by atoms with Gasteiger partial charge in [0.15, 0.2) is 11.5 Å². The van der Waals surface area contributed by atoms with E-state index in [2.05, 4.69) is 28.4 Å². The van der Waals surface area contributed by atoms with Gasteiger partial charge in [-0.3, -0.25) is 14.5 Å². The summed E-state index contributed by atoms with van der Waals surface area (Å²) < 4.78 is 10.7. The predicted octanol–water partition coefficient (Wildman–Crippen LogP) is 3.01. The molecule has 1 N–H and O–H groups in total. The highest BCUT2D eigenvalue weighted by Crippen LogP contribution is 2.28. The molecule has 0 spiro atoms. The number of hydrogen-bond donors (Lipinski definition) is 1. The third-order valence-electron chi connectivity index (χ3n) is 6.87. The lowest BCUT2D eigenvalue weighted by molar-refractivity contribution is -0.129. The van der Waals surface area contributed by atoms with Gasteiger partial charge in [-0.1, -0.05) is 30.3 Å². The Morgan fingerprint density at radius 2 is 1.76 bits per heavy atom. The Bertz CT molecular complexity index is 1000. The normalized spacial score (nSPS) is 18.4. The molecule has 0 saturated carbocycles. The Labute approximate surface area is 202 Å². The average molecular weight is 466 g/mol. The Morgan fingerprint density at radius 3 is 2.50 bits per heavy atom. The summed E-state index contributed by atoms with van der Waals surface area (Å²) in [5.41, 5.74) is 3.48. The zero-order chi connectivity index (χ0) is 23.9. The number of amides is 2. The van der Waals surface area contributed by atoms with Crippen LogP contribution in [-0.2, 0) is 29.1 Å². The van der Waals surface area contributed by atoms with Gasteiger partial charge >= 0.3 is 0 Å². The van der Waals surface area contributed by atoms with E-state index in [1.807, 2.05) is 24.3 Å². The summed E-state index contributed by atoms with van der Waals surface area (Å²) in [7, 11) is 3.22. The molecule has 1 atom stereocenters. The molecule has 1 unspecified atom stereocenters. The van der Waals surface area contributed by atoms with Gasteiger partial charge in [0.1, 0.15) is 0 Å². The minimum absolute atomic E-state index is 0.0371. The highest BCUT2D eigenvalue weighted by molar-refractivity contribution is 5.89. The number of ether oxygens (including phenoxy) is 2. The molecule has 2 aromatic carbocycles. The van der Waals surface area contributed by atoms with Gasteiger partial charge in [0.25, 0.3) is 0 Å². The smallest absolute Gasteiger partial charge is 0.225 e. The molecule has 7 nitrogen and oxygen atoms in total. The van der Waals surface area contributed by atoms with Crippen LogP contribution in [-0.4, -0.2) is 62.0 Å². The van der Waals surface area contributed by atoms with Crippen LogP contribution in [0.3, 0.4) is 0 Å². The van der Waals surface area contributed by atoms with E-state index < -0.39 is 0 Å². The third-order valence-corrected chi connectivity index (χ3v) is 6.87. The maximum Gasteiger partial charge on any atom is 0.225 e. The average Bonchev–Trinajstić information content (AvgIpc) is 3.51. The molecule has 2 aliphatic heterocycles. The van der Waals surface area contributed by atoms with E-state index in [1.54, 1.807) is 19.1 Å². The molecule has 182 valence electrons. The first kappa shape index (κ1) is 24.1. The van der Waals surface area contributed by atoms with Crippen molar-refractivity contribution in [2.24, 2.45) is 5.92 Å². The lowest BCUT2D eigenvalue weighted by Crippen LogP contribution is -2.33. The van der Waals surface area contributed by atoms with Crippen LogP contribution in [0.1, 0.15) is 36.0 Å². The minimum atomic E-state index is -0.302. The number of carbonyl (C=O) groups excluding carboxylic acids is 2. The predicted molar refractivity (Wildman–Crippen MR) is 131 cm³/mol. The zero-order valence-corrected chi connectivity index (χ0v) is 20.2. The van der Waals surface area contributed by atoms with Crippen molar-refractivity contribution in [2.45, 2.75) is 38.8 Å². The second-order valence-corrected chi connectivity index (χ2v) is 9.15. The second-order valence-electron chi connectivity index (χ2n) is 9.15. The van der Waals surface area contributed by atoms with Gasteiger partial charge in [0.05, 0.1) is 20.1 Å². The van der Waals surface area contributed by atoms with E-state index in [0.29, 0.717) is 37.6 Å². The first-order chi connectivity index (χ1) is 16.6. The van der Waals surface area contributed by atoms with Crippen LogP contribution >= 0.6 is 0 Å². The van der Waals surface area contributed by atoms with Crippen LogP contribution in [0.15, 0.2) is 42.5 Å². The van der Waals surface area contributed by atoms with Crippen molar-refractivity contribution in [1.29, 1.82) is 0 Å². The monoisotopic (exact) mass is 465 g/mol. The molecule has 0 radical (unpaired) electrons. The van der Waals surface area contributed by atoms with Crippen LogP contribution in [0.25, 0.3) is 0 Å². The van der Waals surface area contributed by atoms with Crippen molar-refractivity contribution in [3.05, 3.63) is 59.2 Å². The number of benzene rings is 2. The van der Waals surface area contributed by atoms with Crippen LogP contribution in [0.2, 0.25) is 0 Å². The standard InChI is InChI=1S/C27H35N3O4/c1-33-24-10-9-20(15-25(24)34-2)11-14-30-19-23(16-26(30)31)27(32)28-17-21-7-3-4-8-22(21)18-29-12-5-6-13-29/h3-4,7-10,15,23H,5-6,11-14,16-19H2,1-2H3,(H,28,32). The number of nitrogens with one attached hydrogen (secondary N) is 1. The summed E-state index contributed by atoms with van der Waals surface area (Å²) >= 11 is 0. The maximum absolute atomic E-state index is 12.9. The van der Waals surface area contributed by atoms with Crippen LogP contribution in [0, 0.1) is 5.92 Å². The summed E-state index contributed by atoms with van der Waals surface area (Å²) in [6, 6.07) is 14.1. The molecule has 0 aromatic heterocycles. The lowest BCUT2D eigenvalue weighted by Gasteiger charge is -2.19. The SMILES string of the molecule is COc1ccc(CCN2CC(C(=O)NCc3ccccc3CN3CCCC3)CC2=O)cc1OC. The number of likely N-dealkylation sites (tertiary alicyclic amines) is 2. The number of methoxy groups -OCH3 is 2. The summed E-state index contributed by atoms with van der Waals surface area (Å²) in [6.07, 6.45) is 3.49. The van der Waals surface area contributed by atoms with E-state index in [0.717, 1.165) is 30.8 Å². The molecule has 2 saturated heterocycles. The molecule has 4 rings (SSSR count). The molecule has 0 aliphatic carbocycles. The zero-order valence-electron chi connectivity index (χ0n) is 20.2. The molecule has 2 heterocycles. The molecule has 34 heavy (non-hydrogen) atoms. The van der Waals surface area contributed by atoms with Gasteiger partial charge in [-0.2, -0.15) is 0 Å². The Hall–Kier alpha value is -3.06. The maximum atomic E-state index is 12.9. The molecular weight excluding hydrogens is 430 g/mol. The minimum Gasteiger partial charge on any atom is -0.493 e. The topological polar surface area (TPSA) is 71.1 Å². The molecule has 7 heteroatoms. The first-order valence-electron chi connectivity index (χ1n) is 12.1. The number of hydrogen-bond acceptors (Lipinski definition) is 5. The largest absolute Gasteiger partial charge is 0.493 e. The highest BCUT2D eigenvalue weighted by Gasteiger charge is 2.34. The number of carbonyl (C=O) groups is 2. The molecule has 0 bridgehead atoms. The van der Waals surface area contributed by atoms with E-state index >= 15 is 0 Å². The van der Waals surface area contributed by atoms with E-state index in [4.69, 9.17) is 9.47 Å². The van der Waals surface area contributed by atoms with Gasteiger partial charge in [0, 0.05) is 32.6 Å². The van der Waals surface area contributed by atoms with Crippen LogP contribution in [0.4, 0.5) is 0 Å². The Morgan fingerprint density at radius 1 is 1.03 bits per heavy atom. The van der Waals surface area contributed by atoms with Crippen LogP contribution < -0.4 is 14.8 Å². The van der Waals surface area contributed by atoms with Gasteiger partial charge in [0.2, 0.25) is 11.8 Å². The lowest BCUT2D eigenvalue weighted by atomic mass is 10.1. The fourth-order valence-corrected chi connectivity index (χ4v) is 4.86. The van der Waals surface area contributed by atoms with Gasteiger partial charge in [-0.15, -0.1) is 0 Å². The van der Waals surface area contributed by atoms with Crippen molar-refractivity contribution in [2.75, 3.05) is 40.4 Å². The molecule has 2 aliphatic rings. The quantitative estimate of drug-likeness (QED) is 0.584. The molecular formula is C27H35N3O4. The van der Waals surface area contributed by atoms with Gasteiger partial charge in [-0.05, 0) is 61.2 Å². The van der Waals surface area contributed by atoms with Crippen molar-refractivity contribution in [3.8, 4) is 11.5 Å². The second kappa shape index (κ2) is 11.4. The number of nitrogens with zero attached hydrogens (tertiary/aromatic N) is 2. The van der Waals surface area contributed by atoms with Crippen molar-refractivity contribution >= 4 is 11.8 Å². The highest BCUT2D eigenvalue weighted by atomic mass is 16.5. The van der Waals surface area contributed by atoms with Gasteiger partial charge in [-0.25, -0.2) is 0 Å². The third kappa shape index (κ3) is 5.89. The molecule has 2 aromatic rings. The molecule has 2 amide bonds. The van der Waals surface area contributed by atoms with E-state index in [9.17, 15) is 9.59 Å². The van der Waals surface area contributed by atoms with Crippen molar-refractivity contribution in [1.82, 2.24) is 15.1 Å². The van der Waals surface area contributed by atoms with Gasteiger partial charge < -0.3 is 19.7 Å². The van der Waals surface area contributed by atoms with Crippen LogP contribution in [0.5, 0.6) is 11.5 Å². The fourth-order valence-electron chi connectivity index (χ4n) is 4.86. The van der Waals surface area contributed by atoms with E-state index in [-0.39, 0.29) is 24.2 Å². The van der Waals surface area contributed by atoms with Crippen molar-refractivity contribution < 1.29 is 19.1 Å². The Kier molecular flexibility index (Phi) is 8.06. The summed E-state index contributed by atoms with van der Waals surface area (Å²) in [5.74, 6) is 1.05. The summed E-state index contributed by atoms with van der Waals surface area (Å²) in [6.45, 7) is 4.76. The van der Waals surface area contributed by atoms with E-state index in [1.165, 1.54) is 18.4 Å². The fraction of sp³-hybridized carbons (Fsp3) is 0.481. The first-order valence-corrected chi connectivity index (χ1v) is 12.1. The summed E-state index contributed by atoms with van der Waals surface area (Å²) in [5, 5.41) is 3.08. The number of rotatable bonds is 10. The Balaban J connectivity index is 1.28. The van der Waals surface area contributed by atoms with Crippen molar-refractivity contribution in [3.63, 3.8) is 0 Å². The molecule has 2 fully saturated rings. The summed E-state index contributed by atoms with van der Waals surface area (Å²) in [4.78, 5) is 29.7.